The van der Waals surface area contributed by atoms with Crippen molar-refractivity contribution in [1.29, 1.82) is 0 Å². The standard InChI is InChI=1S/C18H26N4O3/c1-5-15-21-22-16(25-15)13-6-8-14(9-7-13)20-17(24)19-11-18(3,4)10-12(2)23/h6-9,12,23H,5,10-11H2,1-4H3,(H2,19,20,24). The lowest BCUT2D eigenvalue weighted by Gasteiger charge is -2.26. The number of carbonyl (C=O) groups excluding carboxylic acids is 1. The molecule has 0 saturated heterocycles. The van der Waals surface area contributed by atoms with Crippen LogP contribution in [0.4, 0.5) is 10.5 Å². The molecule has 136 valence electrons. The molecule has 3 N–H and O–H groups in total. The molecule has 0 aliphatic heterocycles. The lowest BCUT2D eigenvalue weighted by molar-refractivity contribution is 0.129. The van der Waals surface area contributed by atoms with Gasteiger partial charge in [0.2, 0.25) is 11.8 Å². The van der Waals surface area contributed by atoms with Gasteiger partial charge in [0, 0.05) is 24.2 Å². The van der Waals surface area contributed by atoms with E-state index >= 15 is 0 Å². The van der Waals surface area contributed by atoms with Gasteiger partial charge < -0.3 is 20.2 Å². The van der Waals surface area contributed by atoms with E-state index in [0.717, 1.165) is 5.56 Å². The SMILES string of the molecule is CCc1nnc(-c2ccc(NC(=O)NCC(C)(C)CC(C)O)cc2)o1. The van der Waals surface area contributed by atoms with Crippen molar-refractivity contribution < 1.29 is 14.3 Å². The third-order valence-corrected chi connectivity index (χ3v) is 3.73. The summed E-state index contributed by atoms with van der Waals surface area (Å²) in [4.78, 5) is 12.0. The minimum Gasteiger partial charge on any atom is -0.421 e. The molecule has 7 nitrogen and oxygen atoms in total. The predicted molar refractivity (Wildman–Crippen MR) is 96.2 cm³/mol. The summed E-state index contributed by atoms with van der Waals surface area (Å²) in [7, 11) is 0. The lowest BCUT2D eigenvalue weighted by atomic mass is 9.87. The molecular formula is C18H26N4O3. The van der Waals surface area contributed by atoms with Gasteiger partial charge in [-0.05, 0) is 43.0 Å². The molecule has 0 spiro atoms. The first-order chi connectivity index (χ1) is 11.8. The number of urea groups is 1. The predicted octanol–water partition coefficient (Wildman–Crippen LogP) is 3.22. The average molecular weight is 346 g/mol. The molecule has 2 aromatic rings. The van der Waals surface area contributed by atoms with E-state index in [1.807, 2.05) is 32.9 Å². The van der Waals surface area contributed by atoms with Crippen molar-refractivity contribution in [3.63, 3.8) is 0 Å². The molecule has 2 rings (SSSR count). The Morgan fingerprint density at radius 2 is 1.96 bits per heavy atom. The van der Waals surface area contributed by atoms with Gasteiger partial charge in [0.15, 0.2) is 0 Å². The second-order valence-corrected chi connectivity index (χ2v) is 6.96. The average Bonchev–Trinajstić information content (AvgIpc) is 3.02. The molecule has 1 heterocycles. The van der Waals surface area contributed by atoms with Crippen molar-refractivity contribution in [2.24, 2.45) is 5.41 Å². The Morgan fingerprint density at radius 3 is 2.52 bits per heavy atom. The maximum atomic E-state index is 12.0. The number of aliphatic hydroxyl groups excluding tert-OH is 1. The van der Waals surface area contributed by atoms with E-state index in [4.69, 9.17) is 4.42 Å². The first-order valence-electron chi connectivity index (χ1n) is 8.45. The highest BCUT2D eigenvalue weighted by atomic mass is 16.4. The number of amides is 2. The fraction of sp³-hybridized carbons (Fsp3) is 0.500. The monoisotopic (exact) mass is 346 g/mol. The molecule has 0 saturated carbocycles. The zero-order valence-corrected chi connectivity index (χ0v) is 15.2. The summed E-state index contributed by atoms with van der Waals surface area (Å²) in [6.45, 7) is 8.18. The van der Waals surface area contributed by atoms with E-state index < -0.39 is 6.10 Å². The van der Waals surface area contributed by atoms with E-state index in [1.54, 1.807) is 19.1 Å². The van der Waals surface area contributed by atoms with Crippen LogP contribution in [0.3, 0.4) is 0 Å². The molecule has 0 aliphatic rings. The first-order valence-corrected chi connectivity index (χ1v) is 8.45. The largest absolute Gasteiger partial charge is 0.421 e. The third kappa shape index (κ3) is 5.86. The van der Waals surface area contributed by atoms with Crippen molar-refractivity contribution in [2.45, 2.75) is 46.6 Å². The number of carbonyl (C=O) groups is 1. The van der Waals surface area contributed by atoms with Crippen LogP contribution in [0, 0.1) is 5.41 Å². The van der Waals surface area contributed by atoms with Gasteiger partial charge in [-0.2, -0.15) is 0 Å². The Balaban J connectivity index is 1.89. The molecule has 1 unspecified atom stereocenters. The summed E-state index contributed by atoms with van der Waals surface area (Å²) in [5.41, 5.74) is 1.30. The van der Waals surface area contributed by atoms with Gasteiger partial charge in [0.05, 0.1) is 6.10 Å². The fourth-order valence-corrected chi connectivity index (χ4v) is 2.58. The zero-order valence-electron chi connectivity index (χ0n) is 15.2. The summed E-state index contributed by atoms with van der Waals surface area (Å²) in [5, 5.41) is 23.0. The summed E-state index contributed by atoms with van der Waals surface area (Å²) >= 11 is 0. The minimum absolute atomic E-state index is 0.176. The molecule has 0 fully saturated rings. The van der Waals surface area contributed by atoms with Crippen LogP contribution in [-0.4, -0.2) is 34.0 Å². The van der Waals surface area contributed by atoms with Crippen LogP contribution in [-0.2, 0) is 6.42 Å². The molecule has 1 atom stereocenters. The van der Waals surface area contributed by atoms with E-state index in [0.29, 0.717) is 36.9 Å². The third-order valence-electron chi connectivity index (χ3n) is 3.73. The number of benzene rings is 1. The Morgan fingerprint density at radius 1 is 1.28 bits per heavy atom. The minimum atomic E-state index is -0.398. The number of aromatic nitrogens is 2. The molecule has 25 heavy (non-hydrogen) atoms. The van der Waals surface area contributed by atoms with Crippen LogP contribution >= 0.6 is 0 Å². The maximum absolute atomic E-state index is 12.0. The van der Waals surface area contributed by atoms with Gasteiger partial charge in [0.25, 0.3) is 0 Å². The van der Waals surface area contributed by atoms with Crippen LogP contribution in [0.15, 0.2) is 28.7 Å². The summed E-state index contributed by atoms with van der Waals surface area (Å²) < 4.78 is 5.51. The van der Waals surface area contributed by atoms with Crippen LogP contribution in [0.1, 0.15) is 40.0 Å². The molecule has 0 bridgehead atoms. The second kappa shape index (κ2) is 8.11. The van der Waals surface area contributed by atoms with Gasteiger partial charge in [-0.1, -0.05) is 20.8 Å². The van der Waals surface area contributed by atoms with Gasteiger partial charge in [-0.25, -0.2) is 4.79 Å². The van der Waals surface area contributed by atoms with Crippen molar-refractivity contribution in [2.75, 3.05) is 11.9 Å². The highest BCUT2D eigenvalue weighted by molar-refractivity contribution is 5.89. The highest BCUT2D eigenvalue weighted by Crippen LogP contribution is 2.22. The first kappa shape index (κ1) is 18.9. The number of aryl methyl sites for hydroxylation is 1. The van der Waals surface area contributed by atoms with E-state index in [9.17, 15) is 9.90 Å². The molecule has 1 aromatic heterocycles. The summed E-state index contributed by atoms with van der Waals surface area (Å²) in [5.74, 6) is 1.06. The number of hydrogen-bond acceptors (Lipinski definition) is 5. The van der Waals surface area contributed by atoms with Gasteiger partial charge in [-0.3, -0.25) is 0 Å². The van der Waals surface area contributed by atoms with Crippen LogP contribution in [0.5, 0.6) is 0 Å². The van der Waals surface area contributed by atoms with E-state index in [2.05, 4.69) is 20.8 Å². The zero-order chi connectivity index (χ0) is 18.4. The van der Waals surface area contributed by atoms with Crippen molar-refractivity contribution in [3.8, 4) is 11.5 Å². The number of aliphatic hydroxyl groups is 1. The van der Waals surface area contributed by atoms with E-state index in [1.165, 1.54) is 0 Å². The van der Waals surface area contributed by atoms with Crippen LogP contribution < -0.4 is 10.6 Å². The van der Waals surface area contributed by atoms with Gasteiger partial charge in [0.1, 0.15) is 0 Å². The van der Waals surface area contributed by atoms with Crippen molar-refractivity contribution in [3.05, 3.63) is 30.2 Å². The smallest absolute Gasteiger partial charge is 0.319 e. The number of nitrogens with zero attached hydrogens (tertiary/aromatic N) is 2. The van der Waals surface area contributed by atoms with Gasteiger partial charge in [-0.15, -0.1) is 10.2 Å². The molecule has 2 amide bonds. The van der Waals surface area contributed by atoms with Crippen molar-refractivity contribution >= 4 is 11.7 Å². The number of anilines is 1. The van der Waals surface area contributed by atoms with Crippen LogP contribution in [0.2, 0.25) is 0 Å². The molecule has 0 radical (unpaired) electrons. The second-order valence-electron chi connectivity index (χ2n) is 6.96. The lowest BCUT2D eigenvalue weighted by Crippen LogP contribution is -2.38. The quantitative estimate of drug-likeness (QED) is 0.715. The number of nitrogens with one attached hydrogen (secondary N) is 2. The topological polar surface area (TPSA) is 100 Å². The van der Waals surface area contributed by atoms with Gasteiger partial charge >= 0.3 is 6.03 Å². The normalized spacial score (nSPS) is 12.7. The molecule has 7 heteroatoms. The number of hydrogen-bond donors (Lipinski definition) is 3. The Kier molecular flexibility index (Phi) is 6.14. The molecular weight excluding hydrogens is 320 g/mol. The Bertz CT molecular complexity index is 693. The molecule has 1 aromatic carbocycles. The Hall–Kier alpha value is -2.41. The summed E-state index contributed by atoms with van der Waals surface area (Å²) in [6, 6.07) is 6.93. The maximum Gasteiger partial charge on any atom is 0.319 e. The van der Waals surface area contributed by atoms with Crippen LogP contribution in [0.25, 0.3) is 11.5 Å². The number of rotatable bonds is 7. The Labute approximate surface area is 147 Å². The van der Waals surface area contributed by atoms with E-state index in [-0.39, 0.29) is 11.4 Å². The molecule has 0 aliphatic carbocycles. The summed E-state index contributed by atoms with van der Waals surface area (Å²) in [6.07, 6.45) is 0.912. The fourth-order valence-electron chi connectivity index (χ4n) is 2.58. The van der Waals surface area contributed by atoms with Crippen molar-refractivity contribution in [1.82, 2.24) is 15.5 Å². The highest BCUT2D eigenvalue weighted by Gasteiger charge is 2.21.